The highest BCUT2D eigenvalue weighted by Crippen LogP contribution is 2.49. The van der Waals surface area contributed by atoms with Crippen LogP contribution in [-0.4, -0.2) is 11.0 Å². The van der Waals surface area contributed by atoms with Crippen molar-refractivity contribution in [1.29, 1.82) is 0 Å². The summed E-state index contributed by atoms with van der Waals surface area (Å²) in [4.78, 5) is 4.71. The number of hydrogen-bond acceptors (Lipinski definition) is 3. The number of nitrogens with two attached hydrogens (primary N) is 1. The molecular formula is C17H27N3. The van der Waals surface area contributed by atoms with Crippen molar-refractivity contribution < 1.29 is 0 Å². The fraction of sp³-hybridized carbons (Fsp3) is 0.706. The molecule has 1 aromatic heterocycles. The Bertz CT molecular complexity index is 451. The van der Waals surface area contributed by atoms with Crippen LogP contribution in [-0.2, 0) is 6.42 Å². The Morgan fingerprint density at radius 2 is 2.20 bits per heavy atom. The van der Waals surface area contributed by atoms with Crippen LogP contribution in [0.3, 0.4) is 0 Å². The van der Waals surface area contributed by atoms with Gasteiger partial charge in [-0.1, -0.05) is 25.8 Å². The Labute approximate surface area is 122 Å². The average Bonchev–Trinajstić information content (AvgIpc) is 2.98. The summed E-state index contributed by atoms with van der Waals surface area (Å²) >= 11 is 0. The van der Waals surface area contributed by atoms with Gasteiger partial charge in [0.15, 0.2) is 0 Å². The van der Waals surface area contributed by atoms with Crippen LogP contribution in [0.5, 0.6) is 0 Å². The molecule has 1 aromatic rings. The normalized spacial score (nSPS) is 26.2. The number of pyridine rings is 1. The van der Waals surface area contributed by atoms with Crippen molar-refractivity contribution in [2.45, 2.75) is 70.3 Å². The van der Waals surface area contributed by atoms with Crippen LogP contribution >= 0.6 is 0 Å². The summed E-state index contributed by atoms with van der Waals surface area (Å²) in [5.74, 6) is 6.51. The summed E-state index contributed by atoms with van der Waals surface area (Å²) in [5.41, 5.74) is 6.33. The van der Waals surface area contributed by atoms with Gasteiger partial charge in [0.05, 0.1) is 0 Å². The summed E-state index contributed by atoms with van der Waals surface area (Å²) in [7, 11) is 0. The quantitative estimate of drug-likeness (QED) is 0.653. The Balaban J connectivity index is 1.94. The lowest BCUT2D eigenvalue weighted by Gasteiger charge is -2.43. The van der Waals surface area contributed by atoms with Crippen LogP contribution in [0.1, 0.15) is 69.0 Å². The van der Waals surface area contributed by atoms with Crippen molar-refractivity contribution >= 4 is 0 Å². The van der Waals surface area contributed by atoms with Gasteiger partial charge in [-0.2, -0.15) is 0 Å². The van der Waals surface area contributed by atoms with E-state index in [2.05, 4.69) is 24.5 Å². The molecule has 20 heavy (non-hydrogen) atoms. The van der Waals surface area contributed by atoms with Crippen molar-refractivity contribution in [3.8, 4) is 0 Å². The first-order chi connectivity index (χ1) is 9.80. The Kier molecular flexibility index (Phi) is 4.08. The smallest absolute Gasteiger partial charge is 0.0482 e. The number of nitrogens with zero attached hydrogens (tertiary/aromatic N) is 1. The van der Waals surface area contributed by atoms with Gasteiger partial charge >= 0.3 is 0 Å². The predicted molar refractivity (Wildman–Crippen MR) is 82.2 cm³/mol. The van der Waals surface area contributed by atoms with Gasteiger partial charge in [-0.25, -0.2) is 0 Å². The lowest BCUT2D eigenvalue weighted by atomic mass is 9.67. The topological polar surface area (TPSA) is 50.9 Å². The summed E-state index contributed by atoms with van der Waals surface area (Å²) in [6.07, 6.45) is 12.2. The molecule has 3 nitrogen and oxygen atoms in total. The van der Waals surface area contributed by atoms with E-state index < -0.39 is 0 Å². The highest BCUT2D eigenvalue weighted by atomic mass is 15.2. The monoisotopic (exact) mass is 273 g/mol. The zero-order valence-corrected chi connectivity index (χ0v) is 12.6. The lowest BCUT2D eigenvalue weighted by molar-refractivity contribution is 0.151. The molecule has 110 valence electrons. The molecule has 1 fully saturated rings. The van der Waals surface area contributed by atoms with Gasteiger partial charge in [0.1, 0.15) is 0 Å². The maximum Gasteiger partial charge on any atom is 0.0482 e. The molecule has 0 aromatic carbocycles. The Morgan fingerprint density at radius 1 is 1.40 bits per heavy atom. The zero-order valence-electron chi connectivity index (χ0n) is 12.6. The molecule has 0 aliphatic heterocycles. The molecule has 0 bridgehead atoms. The van der Waals surface area contributed by atoms with E-state index in [-0.39, 0.29) is 0 Å². The number of hydrogen-bond donors (Lipinski definition) is 2. The lowest BCUT2D eigenvalue weighted by Crippen LogP contribution is -2.51. The number of rotatable bonds is 4. The van der Waals surface area contributed by atoms with Crippen LogP contribution in [0.15, 0.2) is 18.3 Å². The molecule has 0 saturated heterocycles. The van der Waals surface area contributed by atoms with E-state index >= 15 is 0 Å². The van der Waals surface area contributed by atoms with Crippen LogP contribution in [0, 0.1) is 5.41 Å². The summed E-state index contributed by atoms with van der Waals surface area (Å²) in [6, 6.07) is 4.69. The van der Waals surface area contributed by atoms with E-state index in [9.17, 15) is 0 Å². The molecule has 2 aliphatic carbocycles. The standard InChI is InChI=1S/C17H27N3/c1-2-17(10-3-4-11-17)16(20-18)14-9-5-7-13-8-6-12-19-15(13)14/h6,8,12,14,16,20H,2-5,7,9-11,18H2,1H3. The van der Waals surface area contributed by atoms with E-state index in [1.54, 1.807) is 0 Å². The second kappa shape index (κ2) is 5.82. The first kappa shape index (κ1) is 14.0. The third-order valence-corrected chi connectivity index (χ3v) is 5.78. The molecular weight excluding hydrogens is 246 g/mol. The minimum absolute atomic E-state index is 0.379. The van der Waals surface area contributed by atoms with E-state index in [4.69, 9.17) is 10.8 Å². The second-order valence-electron chi connectivity index (χ2n) is 6.61. The zero-order chi connectivity index (χ0) is 14.0. The number of fused-ring (bicyclic) bond motifs is 1. The summed E-state index contributed by atoms with van der Waals surface area (Å²) in [5, 5.41) is 0. The Morgan fingerprint density at radius 3 is 2.90 bits per heavy atom. The fourth-order valence-electron chi connectivity index (χ4n) is 4.65. The number of hydrazine groups is 1. The first-order valence-electron chi connectivity index (χ1n) is 8.20. The van der Waals surface area contributed by atoms with Crippen molar-refractivity contribution in [3.05, 3.63) is 29.6 Å². The molecule has 0 radical (unpaired) electrons. The van der Waals surface area contributed by atoms with E-state index in [0.717, 1.165) is 0 Å². The second-order valence-corrected chi connectivity index (χ2v) is 6.61. The molecule has 2 aliphatic rings. The first-order valence-corrected chi connectivity index (χ1v) is 8.20. The van der Waals surface area contributed by atoms with Crippen LogP contribution in [0.25, 0.3) is 0 Å². The molecule has 1 saturated carbocycles. The molecule has 0 spiro atoms. The van der Waals surface area contributed by atoms with Gasteiger partial charge in [0, 0.05) is 23.9 Å². The fourth-order valence-corrected chi connectivity index (χ4v) is 4.65. The summed E-state index contributed by atoms with van der Waals surface area (Å²) < 4.78 is 0. The van der Waals surface area contributed by atoms with E-state index in [1.807, 2.05) is 6.20 Å². The minimum atomic E-state index is 0.379. The molecule has 1 heterocycles. The van der Waals surface area contributed by atoms with Gasteiger partial charge < -0.3 is 0 Å². The van der Waals surface area contributed by atoms with Gasteiger partial charge in [0.25, 0.3) is 0 Å². The number of aryl methyl sites for hydroxylation is 1. The molecule has 3 N–H and O–H groups in total. The SMILES string of the molecule is CCC1(C(NN)C2CCCc3cccnc32)CCCC1. The highest BCUT2D eigenvalue weighted by Gasteiger charge is 2.44. The molecule has 2 unspecified atom stereocenters. The predicted octanol–water partition coefficient (Wildman–Crippen LogP) is 3.30. The van der Waals surface area contributed by atoms with Gasteiger partial charge in [-0.3, -0.25) is 16.3 Å². The summed E-state index contributed by atoms with van der Waals surface area (Å²) in [6.45, 7) is 2.33. The third-order valence-electron chi connectivity index (χ3n) is 5.78. The number of aromatic nitrogens is 1. The van der Waals surface area contributed by atoms with Gasteiger partial charge in [0.2, 0.25) is 0 Å². The maximum absolute atomic E-state index is 6.02. The highest BCUT2D eigenvalue weighted by molar-refractivity contribution is 5.28. The third kappa shape index (κ3) is 2.27. The van der Waals surface area contributed by atoms with Gasteiger partial charge in [-0.15, -0.1) is 0 Å². The van der Waals surface area contributed by atoms with Gasteiger partial charge in [-0.05, 0) is 55.6 Å². The largest absolute Gasteiger partial charge is 0.271 e. The van der Waals surface area contributed by atoms with Crippen molar-refractivity contribution in [1.82, 2.24) is 10.4 Å². The average molecular weight is 273 g/mol. The Hall–Kier alpha value is -0.930. The van der Waals surface area contributed by atoms with E-state index in [0.29, 0.717) is 17.4 Å². The van der Waals surface area contributed by atoms with Crippen LogP contribution in [0.4, 0.5) is 0 Å². The van der Waals surface area contributed by atoms with Crippen LogP contribution in [0.2, 0.25) is 0 Å². The van der Waals surface area contributed by atoms with E-state index in [1.165, 1.54) is 62.6 Å². The molecule has 3 heteroatoms. The molecule has 2 atom stereocenters. The van der Waals surface area contributed by atoms with Crippen molar-refractivity contribution in [2.75, 3.05) is 0 Å². The maximum atomic E-state index is 6.02. The van der Waals surface area contributed by atoms with Crippen molar-refractivity contribution in [2.24, 2.45) is 11.3 Å². The van der Waals surface area contributed by atoms with Crippen molar-refractivity contribution in [3.63, 3.8) is 0 Å². The molecule has 3 rings (SSSR count). The number of nitrogens with one attached hydrogen (secondary N) is 1. The van der Waals surface area contributed by atoms with Crippen LogP contribution < -0.4 is 11.3 Å². The molecule has 0 amide bonds. The minimum Gasteiger partial charge on any atom is -0.271 e.